The fourth-order valence-corrected chi connectivity index (χ4v) is 3.71. The van der Waals surface area contributed by atoms with Crippen LogP contribution < -0.4 is 0 Å². The number of thioether (sulfide) groups is 1. The number of hydrogen-bond donors (Lipinski definition) is 0. The maximum absolute atomic E-state index is 5.26. The highest BCUT2D eigenvalue weighted by atomic mass is 32.2. The largest absolute Gasteiger partial charge is 0.383 e. The zero-order valence-electron chi connectivity index (χ0n) is 15.2. The van der Waals surface area contributed by atoms with Gasteiger partial charge < -0.3 is 9.14 Å². The summed E-state index contributed by atoms with van der Waals surface area (Å²) in [6, 6.07) is 7.98. The average Bonchev–Trinajstić information content (AvgIpc) is 3.28. The molecule has 4 rings (SSSR count). The molecule has 0 unspecified atom stereocenters. The van der Waals surface area contributed by atoms with Crippen LogP contribution in [-0.2, 0) is 17.0 Å². The Kier molecular flexibility index (Phi) is 5.17. The first-order valence-electron chi connectivity index (χ1n) is 8.64. The Hall–Kier alpha value is -2.71. The maximum Gasteiger partial charge on any atom is 0.191 e. The van der Waals surface area contributed by atoms with Crippen molar-refractivity contribution < 1.29 is 4.74 Å². The molecule has 0 aliphatic rings. The van der Waals surface area contributed by atoms with Crippen LogP contribution in [0.4, 0.5) is 0 Å². The number of aryl methyl sites for hydroxylation is 1. The molecule has 4 heterocycles. The molecule has 0 saturated heterocycles. The number of methoxy groups -OCH3 is 1. The quantitative estimate of drug-likeness (QED) is 0.459. The van der Waals surface area contributed by atoms with E-state index in [1.165, 1.54) is 5.56 Å². The van der Waals surface area contributed by atoms with E-state index in [2.05, 4.69) is 54.5 Å². The van der Waals surface area contributed by atoms with Gasteiger partial charge in [0.05, 0.1) is 18.8 Å². The van der Waals surface area contributed by atoms with Gasteiger partial charge in [-0.25, -0.2) is 4.98 Å². The average molecular weight is 380 g/mol. The highest BCUT2D eigenvalue weighted by molar-refractivity contribution is 7.98. The Morgan fingerprint density at radius 3 is 2.74 bits per heavy atom. The predicted octanol–water partition coefficient (Wildman–Crippen LogP) is 3.23. The van der Waals surface area contributed by atoms with E-state index in [1.807, 2.05) is 18.2 Å². The molecule has 27 heavy (non-hydrogen) atoms. The van der Waals surface area contributed by atoms with Gasteiger partial charge in [0, 0.05) is 43.2 Å². The molecule has 0 saturated carbocycles. The van der Waals surface area contributed by atoms with Crippen molar-refractivity contribution in [3.05, 3.63) is 60.3 Å². The molecule has 0 bridgehead atoms. The molecule has 7 nitrogen and oxygen atoms in total. The SMILES string of the molecule is COCCn1c(SCc2cn3cc(C)ccc3n2)nnc1-c1ccncc1. The van der Waals surface area contributed by atoms with Crippen molar-refractivity contribution in [2.45, 2.75) is 24.4 Å². The van der Waals surface area contributed by atoms with Crippen LogP contribution >= 0.6 is 11.8 Å². The summed E-state index contributed by atoms with van der Waals surface area (Å²) < 4.78 is 9.41. The first-order chi connectivity index (χ1) is 13.2. The molecular weight excluding hydrogens is 360 g/mol. The topological polar surface area (TPSA) is 70.1 Å². The first-order valence-corrected chi connectivity index (χ1v) is 9.63. The van der Waals surface area contributed by atoms with Crippen molar-refractivity contribution in [1.82, 2.24) is 29.1 Å². The van der Waals surface area contributed by atoms with E-state index in [1.54, 1.807) is 31.3 Å². The van der Waals surface area contributed by atoms with Gasteiger partial charge in [0.15, 0.2) is 11.0 Å². The van der Waals surface area contributed by atoms with Gasteiger partial charge in [0.1, 0.15) is 5.65 Å². The summed E-state index contributed by atoms with van der Waals surface area (Å²) in [6.07, 6.45) is 7.67. The molecule has 0 aromatic carbocycles. The van der Waals surface area contributed by atoms with E-state index in [-0.39, 0.29) is 0 Å². The minimum atomic E-state index is 0.595. The maximum atomic E-state index is 5.26. The third-order valence-electron chi connectivity index (χ3n) is 4.17. The minimum absolute atomic E-state index is 0.595. The van der Waals surface area contributed by atoms with Crippen LogP contribution in [0.5, 0.6) is 0 Å². The Labute approximate surface area is 161 Å². The number of imidazole rings is 1. The summed E-state index contributed by atoms with van der Waals surface area (Å²) in [5.41, 5.74) is 4.16. The second-order valence-electron chi connectivity index (χ2n) is 6.18. The van der Waals surface area contributed by atoms with E-state index >= 15 is 0 Å². The lowest BCUT2D eigenvalue weighted by Crippen LogP contribution is -2.07. The predicted molar refractivity (Wildman–Crippen MR) is 105 cm³/mol. The molecule has 4 aromatic heterocycles. The van der Waals surface area contributed by atoms with Gasteiger partial charge in [-0.1, -0.05) is 17.8 Å². The van der Waals surface area contributed by atoms with Gasteiger partial charge in [-0.2, -0.15) is 0 Å². The molecule has 0 radical (unpaired) electrons. The number of nitrogens with zero attached hydrogens (tertiary/aromatic N) is 6. The van der Waals surface area contributed by atoms with E-state index in [0.29, 0.717) is 13.2 Å². The number of fused-ring (bicyclic) bond motifs is 1. The molecule has 0 aliphatic carbocycles. The van der Waals surface area contributed by atoms with Crippen molar-refractivity contribution in [2.75, 3.05) is 13.7 Å². The normalized spacial score (nSPS) is 11.3. The molecular formula is C19H20N6OS. The number of aromatic nitrogens is 6. The summed E-state index contributed by atoms with van der Waals surface area (Å²) in [4.78, 5) is 8.75. The van der Waals surface area contributed by atoms with Crippen LogP contribution in [0.3, 0.4) is 0 Å². The number of pyridine rings is 2. The van der Waals surface area contributed by atoms with Gasteiger partial charge in [-0.3, -0.25) is 9.55 Å². The van der Waals surface area contributed by atoms with Crippen molar-refractivity contribution in [3.8, 4) is 11.4 Å². The van der Waals surface area contributed by atoms with Crippen LogP contribution in [0.25, 0.3) is 17.0 Å². The van der Waals surface area contributed by atoms with Crippen LogP contribution in [0.1, 0.15) is 11.3 Å². The van der Waals surface area contributed by atoms with Crippen molar-refractivity contribution >= 4 is 17.4 Å². The molecule has 0 aliphatic heterocycles. The third kappa shape index (κ3) is 3.86. The molecule has 4 aromatic rings. The van der Waals surface area contributed by atoms with E-state index < -0.39 is 0 Å². The highest BCUT2D eigenvalue weighted by Crippen LogP contribution is 2.26. The van der Waals surface area contributed by atoms with Crippen molar-refractivity contribution in [2.24, 2.45) is 0 Å². The fraction of sp³-hybridized carbons (Fsp3) is 0.263. The van der Waals surface area contributed by atoms with Crippen molar-refractivity contribution in [1.29, 1.82) is 0 Å². The van der Waals surface area contributed by atoms with E-state index in [0.717, 1.165) is 33.6 Å². The monoisotopic (exact) mass is 380 g/mol. The van der Waals surface area contributed by atoms with E-state index in [4.69, 9.17) is 4.74 Å². The fourth-order valence-electron chi connectivity index (χ4n) is 2.86. The van der Waals surface area contributed by atoms with Gasteiger partial charge in [-0.05, 0) is 30.7 Å². The van der Waals surface area contributed by atoms with Gasteiger partial charge in [-0.15, -0.1) is 10.2 Å². The zero-order chi connectivity index (χ0) is 18.6. The Bertz CT molecular complexity index is 1040. The standard InChI is InChI=1S/C19H20N6OS/c1-14-3-4-17-21-16(12-24(17)11-14)13-27-19-23-22-18(25(19)9-10-26-2)15-5-7-20-8-6-15/h3-8,11-12H,9-10,13H2,1-2H3. The summed E-state index contributed by atoms with van der Waals surface area (Å²) >= 11 is 1.63. The van der Waals surface area contributed by atoms with Gasteiger partial charge in [0.25, 0.3) is 0 Å². The third-order valence-corrected chi connectivity index (χ3v) is 5.17. The molecule has 0 amide bonds. The van der Waals surface area contributed by atoms with Crippen molar-refractivity contribution in [3.63, 3.8) is 0 Å². The molecule has 138 valence electrons. The Morgan fingerprint density at radius 2 is 1.93 bits per heavy atom. The minimum Gasteiger partial charge on any atom is -0.383 e. The Morgan fingerprint density at radius 1 is 1.07 bits per heavy atom. The smallest absolute Gasteiger partial charge is 0.191 e. The summed E-state index contributed by atoms with van der Waals surface area (Å²) in [5, 5.41) is 9.64. The molecule has 0 atom stereocenters. The second kappa shape index (κ2) is 7.89. The van der Waals surface area contributed by atoms with E-state index in [9.17, 15) is 0 Å². The lowest BCUT2D eigenvalue weighted by molar-refractivity contribution is 0.185. The second-order valence-corrected chi connectivity index (χ2v) is 7.12. The molecule has 0 spiro atoms. The lowest BCUT2D eigenvalue weighted by atomic mass is 10.2. The number of rotatable bonds is 7. The highest BCUT2D eigenvalue weighted by Gasteiger charge is 2.15. The first kappa shape index (κ1) is 17.7. The van der Waals surface area contributed by atoms with Crippen LogP contribution in [0.15, 0.2) is 54.2 Å². The Balaban J connectivity index is 1.58. The summed E-state index contributed by atoms with van der Waals surface area (Å²) in [6.45, 7) is 3.36. The summed E-state index contributed by atoms with van der Waals surface area (Å²) in [5.74, 6) is 1.55. The molecule has 0 N–H and O–H groups in total. The van der Waals surface area contributed by atoms with Crippen LogP contribution in [-0.4, -0.2) is 42.8 Å². The van der Waals surface area contributed by atoms with Gasteiger partial charge in [0.2, 0.25) is 0 Å². The number of hydrogen-bond acceptors (Lipinski definition) is 6. The van der Waals surface area contributed by atoms with Crippen LogP contribution in [0.2, 0.25) is 0 Å². The number of ether oxygens (including phenoxy) is 1. The van der Waals surface area contributed by atoms with Gasteiger partial charge >= 0.3 is 0 Å². The molecule has 0 fully saturated rings. The molecule has 8 heteroatoms. The summed E-state index contributed by atoms with van der Waals surface area (Å²) in [7, 11) is 1.70. The zero-order valence-corrected chi connectivity index (χ0v) is 16.1. The lowest BCUT2D eigenvalue weighted by Gasteiger charge is -2.09. The van der Waals surface area contributed by atoms with Crippen LogP contribution in [0, 0.1) is 6.92 Å².